The third kappa shape index (κ3) is 5.38. The summed E-state index contributed by atoms with van der Waals surface area (Å²) in [4.78, 5) is 34.9. The lowest BCUT2D eigenvalue weighted by atomic mass is 10.2. The van der Waals surface area contributed by atoms with Gasteiger partial charge in [0.05, 0.1) is 29.1 Å². The van der Waals surface area contributed by atoms with Crippen molar-refractivity contribution in [2.45, 2.75) is 47.2 Å². The third-order valence-electron chi connectivity index (χ3n) is 3.95. The number of carbonyl (C=O) groups excluding carboxylic acids is 2. The van der Waals surface area contributed by atoms with Gasteiger partial charge in [-0.3, -0.25) is 14.3 Å². The number of amides is 2. The Kier molecular flexibility index (Phi) is 6.85. The highest BCUT2D eigenvalue weighted by molar-refractivity contribution is 6.02. The molecule has 2 aromatic rings. The van der Waals surface area contributed by atoms with E-state index in [-0.39, 0.29) is 42.2 Å². The number of rotatable bonds is 9. The number of hydrogen-bond acceptors (Lipinski definition) is 6. The summed E-state index contributed by atoms with van der Waals surface area (Å²) in [6.45, 7) is 8.76. The highest BCUT2D eigenvalue weighted by Gasteiger charge is 2.20. The van der Waals surface area contributed by atoms with Gasteiger partial charge in [-0.2, -0.15) is 9.78 Å². The number of anilines is 1. The molecule has 0 spiro atoms. The molecule has 0 bridgehead atoms. The second-order valence-electron chi connectivity index (χ2n) is 6.77. The fourth-order valence-corrected chi connectivity index (χ4v) is 2.45. The summed E-state index contributed by atoms with van der Waals surface area (Å²) in [6, 6.07) is 1.35. The zero-order chi connectivity index (χ0) is 20.8. The number of nitrogens with one attached hydrogen (secondary N) is 2. The number of carbonyl (C=O) groups is 2. The van der Waals surface area contributed by atoms with Crippen LogP contribution in [-0.4, -0.2) is 42.8 Å². The minimum Gasteiger partial charge on any atom is -0.358 e. The van der Waals surface area contributed by atoms with Crippen LogP contribution in [0.15, 0.2) is 12.3 Å². The lowest BCUT2D eigenvalue weighted by molar-refractivity contribution is -0.389. The molecule has 11 heteroatoms. The lowest BCUT2D eigenvalue weighted by Gasteiger charge is -2.08. The van der Waals surface area contributed by atoms with E-state index >= 15 is 0 Å². The molecule has 2 rings (SSSR count). The van der Waals surface area contributed by atoms with E-state index in [9.17, 15) is 19.7 Å². The highest BCUT2D eigenvalue weighted by atomic mass is 16.6. The van der Waals surface area contributed by atoms with Crippen LogP contribution in [0.1, 0.15) is 43.4 Å². The van der Waals surface area contributed by atoms with E-state index in [1.807, 2.05) is 20.8 Å². The first-order valence-electron chi connectivity index (χ1n) is 9.05. The van der Waals surface area contributed by atoms with Crippen LogP contribution in [0.5, 0.6) is 0 Å². The molecule has 0 radical (unpaired) electrons. The Morgan fingerprint density at radius 2 is 2.04 bits per heavy atom. The standard InChI is InChI=1S/C17H25N7O4/c1-5-22-10-13(16(21-22)17(26)18-9-11(2)3)19-15(25)6-7-23-12(4)8-14(20-23)24(27)28/h8,10-11H,5-7,9H2,1-4H3,(H,18,26)(H,19,25). The molecule has 11 nitrogen and oxygen atoms in total. The molecule has 0 aliphatic heterocycles. The summed E-state index contributed by atoms with van der Waals surface area (Å²) >= 11 is 0. The van der Waals surface area contributed by atoms with Crippen LogP contribution in [0.3, 0.4) is 0 Å². The third-order valence-corrected chi connectivity index (χ3v) is 3.95. The Labute approximate surface area is 162 Å². The normalized spacial score (nSPS) is 10.9. The first-order chi connectivity index (χ1) is 13.2. The fraction of sp³-hybridized carbons (Fsp3) is 0.529. The minimum atomic E-state index is -0.579. The van der Waals surface area contributed by atoms with Crippen LogP contribution in [-0.2, 0) is 17.9 Å². The Bertz CT molecular complexity index is 869. The van der Waals surface area contributed by atoms with E-state index in [2.05, 4.69) is 20.8 Å². The van der Waals surface area contributed by atoms with Crippen molar-refractivity contribution in [3.8, 4) is 0 Å². The van der Waals surface area contributed by atoms with Crippen molar-refractivity contribution in [3.05, 3.63) is 33.8 Å². The molecular formula is C17H25N7O4. The maximum absolute atomic E-state index is 12.4. The topological polar surface area (TPSA) is 137 Å². The van der Waals surface area contributed by atoms with Crippen LogP contribution < -0.4 is 10.6 Å². The van der Waals surface area contributed by atoms with Crippen LogP contribution in [0, 0.1) is 23.0 Å². The zero-order valence-electron chi connectivity index (χ0n) is 16.4. The molecule has 0 atom stereocenters. The average Bonchev–Trinajstić information content (AvgIpc) is 3.21. The summed E-state index contributed by atoms with van der Waals surface area (Å²) in [5, 5.41) is 24.3. The summed E-state index contributed by atoms with van der Waals surface area (Å²) in [7, 11) is 0. The van der Waals surface area contributed by atoms with Crippen molar-refractivity contribution in [2.75, 3.05) is 11.9 Å². The van der Waals surface area contributed by atoms with Gasteiger partial charge in [0.2, 0.25) is 5.91 Å². The second kappa shape index (κ2) is 9.11. The van der Waals surface area contributed by atoms with E-state index in [1.54, 1.807) is 17.8 Å². The second-order valence-corrected chi connectivity index (χ2v) is 6.77. The van der Waals surface area contributed by atoms with Crippen LogP contribution in [0.25, 0.3) is 0 Å². The van der Waals surface area contributed by atoms with Crippen molar-refractivity contribution in [2.24, 2.45) is 5.92 Å². The van der Waals surface area contributed by atoms with Crippen LogP contribution >= 0.6 is 0 Å². The largest absolute Gasteiger partial charge is 0.390 e. The summed E-state index contributed by atoms with van der Waals surface area (Å²) < 4.78 is 2.98. The Morgan fingerprint density at radius 3 is 2.61 bits per heavy atom. The maximum Gasteiger partial charge on any atom is 0.390 e. The number of nitrogens with zero attached hydrogens (tertiary/aromatic N) is 5. The van der Waals surface area contributed by atoms with E-state index in [0.29, 0.717) is 24.5 Å². The minimum absolute atomic E-state index is 0.0457. The van der Waals surface area contributed by atoms with Crippen molar-refractivity contribution < 1.29 is 14.5 Å². The molecule has 0 unspecified atom stereocenters. The van der Waals surface area contributed by atoms with Crippen molar-refractivity contribution in [1.29, 1.82) is 0 Å². The Morgan fingerprint density at radius 1 is 1.32 bits per heavy atom. The molecule has 2 aromatic heterocycles. The van der Waals surface area contributed by atoms with E-state index in [0.717, 1.165) is 0 Å². The Balaban J connectivity index is 2.03. The van der Waals surface area contributed by atoms with Gasteiger partial charge in [0.1, 0.15) is 0 Å². The van der Waals surface area contributed by atoms with E-state index < -0.39 is 4.92 Å². The van der Waals surface area contributed by atoms with Gasteiger partial charge in [0.15, 0.2) is 5.69 Å². The number of aryl methyl sites for hydroxylation is 3. The highest BCUT2D eigenvalue weighted by Crippen LogP contribution is 2.15. The summed E-state index contributed by atoms with van der Waals surface area (Å²) in [5.41, 5.74) is 1.07. The summed E-state index contributed by atoms with van der Waals surface area (Å²) in [5.74, 6) is -0.663. The predicted molar refractivity (Wildman–Crippen MR) is 102 cm³/mol. The number of hydrogen-bond donors (Lipinski definition) is 2. The molecule has 2 amide bonds. The molecule has 152 valence electrons. The van der Waals surface area contributed by atoms with Gasteiger partial charge in [-0.15, -0.1) is 0 Å². The zero-order valence-corrected chi connectivity index (χ0v) is 16.4. The van der Waals surface area contributed by atoms with E-state index in [4.69, 9.17) is 0 Å². The smallest absolute Gasteiger partial charge is 0.358 e. The lowest BCUT2D eigenvalue weighted by Crippen LogP contribution is -2.29. The van der Waals surface area contributed by atoms with Gasteiger partial charge in [-0.1, -0.05) is 13.8 Å². The monoisotopic (exact) mass is 391 g/mol. The molecular weight excluding hydrogens is 366 g/mol. The van der Waals surface area contributed by atoms with Gasteiger partial charge in [-0.05, 0) is 24.7 Å². The maximum atomic E-state index is 12.4. The van der Waals surface area contributed by atoms with Crippen LogP contribution in [0.2, 0.25) is 0 Å². The average molecular weight is 391 g/mol. The Hall–Kier alpha value is -3.24. The fourth-order valence-electron chi connectivity index (χ4n) is 2.45. The predicted octanol–water partition coefficient (Wildman–Crippen LogP) is 1.73. The molecule has 0 saturated carbocycles. The first kappa shape index (κ1) is 21.1. The molecule has 0 fully saturated rings. The molecule has 0 aromatic carbocycles. The molecule has 0 aliphatic carbocycles. The van der Waals surface area contributed by atoms with Crippen molar-refractivity contribution in [3.63, 3.8) is 0 Å². The van der Waals surface area contributed by atoms with E-state index in [1.165, 1.54) is 10.7 Å². The summed E-state index contributed by atoms with van der Waals surface area (Å²) in [6.07, 6.45) is 1.65. The molecule has 2 heterocycles. The molecule has 0 aliphatic rings. The molecule has 0 saturated heterocycles. The first-order valence-corrected chi connectivity index (χ1v) is 9.05. The van der Waals surface area contributed by atoms with Gasteiger partial charge in [-0.25, -0.2) is 0 Å². The van der Waals surface area contributed by atoms with Crippen molar-refractivity contribution in [1.82, 2.24) is 24.9 Å². The number of nitro groups is 1. The SMILES string of the molecule is CCn1cc(NC(=O)CCn2nc([N+](=O)[O-])cc2C)c(C(=O)NCC(C)C)n1. The van der Waals surface area contributed by atoms with Gasteiger partial charge in [0.25, 0.3) is 5.91 Å². The number of aromatic nitrogens is 4. The van der Waals surface area contributed by atoms with Gasteiger partial charge < -0.3 is 20.7 Å². The molecule has 2 N–H and O–H groups in total. The van der Waals surface area contributed by atoms with Gasteiger partial charge >= 0.3 is 5.82 Å². The van der Waals surface area contributed by atoms with Crippen molar-refractivity contribution >= 4 is 23.3 Å². The molecule has 28 heavy (non-hydrogen) atoms. The van der Waals surface area contributed by atoms with Gasteiger partial charge in [0, 0.05) is 25.7 Å². The van der Waals surface area contributed by atoms with Crippen LogP contribution in [0.4, 0.5) is 11.5 Å². The quantitative estimate of drug-likeness (QED) is 0.493.